The summed E-state index contributed by atoms with van der Waals surface area (Å²) in [4.78, 5) is 13.8. The standard InChI is InChI=1S/C11H12N2O4S/c1-13(2)18(16,17)10-6-7(11(14)15)5-9-8(10)3-4-12-9/h3-6,12H,1-2H3,(H,14,15). The molecule has 0 amide bonds. The zero-order chi connectivity index (χ0) is 13.5. The number of nitrogens with zero attached hydrogens (tertiary/aromatic N) is 1. The fourth-order valence-corrected chi connectivity index (χ4v) is 2.79. The van der Waals surface area contributed by atoms with Gasteiger partial charge in [-0.25, -0.2) is 17.5 Å². The minimum atomic E-state index is -3.68. The number of carboxylic acids is 1. The van der Waals surface area contributed by atoms with Crippen LogP contribution in [0.3, 0.4) is 0 Å². The molecule has 0 saturated heterocycles. The van der Waals surface area contributed by atoms with Gasteiger partial charge in [0, 0.05) is 31.2 Å². The summed E-state index contributed by atoms with van der Waals surface area (Å²) in [6.45, 7) is 0. The van der Waals surface area contributed by atoms with E-state index < -0.39 is 16.0 Å². The molecule has 0 atom stereocenters. The molecule has 2 rings (SSSR count). The number of aromatic nitrogens is 1. The molecule has 2 N–H and O–H groups in total. The molecule has 0 aliphatic carbocycles. The van der Waals surface area contributed by atoms with E-state index in [2.05, 4.69) is 4.98 Å². The fourth-order valence-electron chi connectivity index (χ4n) is 1.67. The number of nitrogens with one attached hydrogen (secondary N) is 1. The van der Waals surface area contributed by atoms with E-state index in [-0.39, 0.29) is 10.5 Å². The number of sulfonamides is 1. The Bertz CT molecular complexity index is 716. The molecule has 1 heterocycles. The van der Waals surface area contributed by atoms with Crippen LogP contribution in [0.15, 0.2) is 29.3 Å². The van der Waals surface area contributed by atoms with Crippen LogP contribution in [0.1, 0.15) is 10.4 Å². The summed E-state index contributed by atoms with van der Waals surface area (Å²) in [7, 11) is -0.871. The van der Waals surface area contributed by atoms with Crippen LogP contribution < -0.4 is 0 Å². The number of H-pyrrole nitrogens is 1. The number of hydrogen-bond acceptors (Lipinski definition) is 3. The lowest BCUT2D eigenvalue weighted by Gasteiger charge is -2.13. The Morgan fingerprint density at radius 3 is 2.56 bits per heavy atom. The van der Waals surface area contributed by atoms with Crippen LogP contribution in [-0.4, -0.2) is 42.9 Å². The molecule has 0 saturated carbocycles. The van der Waals surface area contributed by atoms with Crippen molar-refractivity contribution in [2.45, 2.75) is 4.90 Å². The first-order chi connectivity index (χ1) is 8.34. The van der Waals surface area contributed by atoms with Crippen LogP contribution in [0.4, 0.5) is 0 Å². The van der Waals surface area contributed by atoms with Crippen molar-refractivity contribution in [2.24, 2.45) is 0 Å². The number of benzene rings is 1. The Hall–Kier alpha value is -1.86. The van der Waals surface area contributed by atoms with E-state index in [9.17, 15) is 13.2 Å². The molecule has 6 nitrogen and oxygen atoms in total. The van der Waals surface area contributed by atoms with Gasteiger partial charge in [0.05, 0.1) is 10.5 Å². The van der Waals surface area contributed by atoms with Gasteiger partial charge in [0.1, 0.15) is 0 Å². The van der Waals surface area contributed by atoms with Gasteiger partial charge < -0.3 is 10.1 Å². The summed E-state index contributed by atoms with van der Waals surface area (Å²) in [6.07, 6.45) is 1.57. The molecule has 96 valence electrons. The topological polar surface area (TPSA) is 90.5 Å². The van der Waals surface area contributed by atoms with E-state index in [0.717, 1.165) is 4.31 Å². The molecule has 1 aromatic carbocycles. The highest BCUT2D eigenvalue weighted by Crippen LogP contribution is 2.26. The summed E-state index contributed by atoms with van der Waals surface area (Å²) in [6, 6.07) is 4.19. The van der Waals surface area contributed by atoms with Gasteiger partial charge in [0.25, 0.3) is 0 Å². The monoisotopic (exact) mass is 268 g/mol. The van der Waals surface area contributed by atoms with Crippen molar-refractivity contribution >= 4 is 26.9 Å². The minimum absolute atomic E-state index is 0.0105. The van der Waals surface area contributed by atoms with E-state index in [1.807, 2.05) is 0 Å². The van der Waals surface area contributed by atoms with Crippen LogP contribution in [-0.2, 0) is 10.0 Å². The summed E-state index contributed by atoms with van der Waals surface area (Å²) >= 11 is 0. The molecule has 0 unspecified atom stereocenters. The van der Waals surface area contributed by atoms with Gasteiger partial charge in [-0.05, 0) is 18.2 Å². The molecule has 0 spiro atoms. The van der Waals surface area contributed by atoms with Crippen molar-refractivity contribution in [3.63, 3.8) is 0 Å². The number of aromatic amines is 1. The number of rotatable bonds is 3. The summed E-state index contributed by atoms with van der Waals surface area (Å²) in [5.74, 6) is -1.17. The van der Waals surface area contributed by atoms with Crippen molar-refractivity contribution in [2.75, 3.05) is 14.1 Å². The molecule has 0 aliphatic heterocycles. The molecule has 2 aromatic rings. The lowest BCUT2D eigenvalue weighted by atomic mass is 10.1. The number of carbonyl (C=O) groups is 1. The van der Waals surface area contributed by atoms with E-state index >= 15 is 0 Å². The molecule has 18 heavy (non-hydrogen) atoms. The van der Waals surface area contributed by atoms with Gasteiger partial charge >= 0.3 is 5.97 Å². The second kappa shape index (κ2) is 4.11. The lowest BCUT2D eigenvalue weighted by Crippen LogP contribution is -2.22. The number of carboxylic acid groups (broad SMARTS) is 1. The zero-order valence-corrected chi connectivity index (χ0v) is 10.7. The van der Waals surface area contributed by atoms with Crippen LogP contribution in [0, 0.1) is 0 Å². The van der Waals surface area contributed by atoms with Crippen molar-refractivity contribution in [1.82, 2.24) is 9.29 Å². The predicted octanol–water partition coefficient (Wildman–Crippen LogP) is 1.12. The Morgan fingerprint density at radius 2 is 2.00 bits per heavy atom. The van der Waals surface area contributed by atoms with Crippen LogP contribution in [0.25, 0.3) is 10.9 Å². The van der Waals surface area contributed by atoms with Crippen molar-refractivity contribution in [3.8, 4) is 0 Å². The highest BCUT2D eigenvalue weighted by atomic mass is 32.2. The van der Waals surface area contributed by atoms with Gasteiger partial charge in [-0.1, -0.05) is 0 Å². The highest BCUT2D eigenvalue weighted by Gasteiger charge is 2.22. The molecule has 0 aliphatic rings. The Labute approximate surface area is 104 Å². The van der Waals surface area contributed by atoms with Gasteiger partial charge in [-0.2, -0.15) is 0 Å². The maximum Gasteiger partial charge on any atom is 0.335 e. The van der Waals surface area contributed by atoms with Crippen molar-refractivity contribution in [3.05, 3.63) is 30.0 Å². The van der Waals surface area contributed by atoms with E-state index in [1.54, 1.807) is 12.3 Å². The third-order valence-electron chi connectivity index (χ3n) is 2.64. The molecule has 1 aromatic heterocycles. The van der Waals surface area contributed by atoms with Gasteiger partial charge in [-0.3, -0.25) is 0 Å². The highest BCUT2D eigenvalue weighted by molar-refractivity contribution is 7.89. The second-order valence-electron chi connectivity index (χ2n) is 4.01. The predicted molar refractivity (Wildman–Crippen MR) is 66.1 cm³/mol. The average Bonchev–Trinajstić information content (AvgIpc) is 2.74. The maximum absolute atomic E-state index is 12.1. The summed E-state index contributed by atoms with van der Waals surface area (Å²) in [5, 5.41) is 9.47. The Morgan fingerprint density at radius 1 is 1.33 bits per heavy atom. The molecule has 0 radical (unpaired) electrons. The van der Waals surface area contributed by atoms with Gasteiger partial charge in [0.15, 0.2) is 0 Å². The fraction of sp³-hybridized carbons (Fsp3) is 0.182. The van der Waals surface area contributed by atoms with Crippen molar-refractivity contribution in [1.29, 1.82) is 0 Å². The molecule has 7 heteroatoms. The lowest BCUT2D eigenvalue weighted by molar-refractivity contribution is 0.0697. The minimum Gasteiger partial charge on any atom is -0.478 e. The van der Waals surface area contributed by atoms with Crippen molar-refractivity contribution < 1.29 is 18.3 Å². The number of hydrogen-bond donors (Lipinski definition) is 2. The molecule has 0 fully saturated rings. The normalized spacial score (nSPS) is 12.2. The third-order valence-corrected chi connectivity index (χ3v) is 4.49. The smallest absolute Gasteiger partial charge is 0.335 e. The van der Waals surface area contributed by atoms with Crippen LogP contribution in [0.5, 0.6) is 0 Å². The summed E-state index contributed by atoms with van der Waals surface area (Å²) < 4.78 is 25.3. The molecular weight excluding hydrogens is 256 g/mol. The second-order valence-corrected chi connectivity index (χ2v) is 6.13. The average molecular weight is 268 g/mol. The van der Waals surface area contributed by atoms with E-state index in [4.69, 9.17) is 5.11 Å². The number of aromatic carboxylic acids is 1. The van der Waals surface area contributed by atoms with Crippen LogP contribution >= 0.6 is 0 Å². The Balaban J connectivity index is 2.84. The SMILES string of the molecule is CN(C)S(=O)(=O)c1cc(C(=O)O)cc2[nH]ccc12. The Kier molecular flexibility index (Phi) is 2.88. The largest absolute Gasteiger partial charge is 0.478 e. The maximum atomic E-state index is 12.1. The quantitative estimate of drug-likeness (QED) is 0.872. The third kappa shape index (κ3) is 1.87. The van der Waals surface area contributed by atoms with Gasteiger partial charge in [-0.15, -0.1) is 0 Å². The first kappa shape index (κ1) is 12.6. The van der Waals surface area contributed by atoms with E-state index in [1.165, 1.54) is 26.2 Å². The molecular formula is C11H12N2O4S. The van der Waals surface area contributed by atoms with E-state index in [0.29, 0.717) is 10.9 Å². The van der Waals surface area contributed by atoms with Crippen LogP contribution in [0.2, 0.25) is 0 Å². The zero-order valence-electron chi connectivity index (χ0n) is 9.84. The molecule has 0 bridgehead atoms. The first-order valence-corrected chi connectivity index (χ1v) is 6.55. The van der Waals surface area contributed by atoms with Gasteiger partial charge in [0.2, 0.25) is 10.0 Å². The summed E-state index contributed by atoms with van der Waals surface area (Å²) in [5.41, 5.74) is 0.417. The number of fused-ring (bicyclic) bond motifs is 1. The first-order valence-electron chi connectivity index (χ1n) is 5.11.